The van der Waals surface area contributed by atoms with Crippen LogP contribution in [0.2, 0.25) is 5.32 Å². The van der Waals surface area contributed by atoms with Gasteiger partial charge in [-0.05, 0) is 0 Å². The number of amides is 2. The minimum atomic E-state index is -0.261. The summed E-state index contributed by atoms with van der Waals surface area (Å²) in [5.41, 5.74) is 6.47. The van der Waals surface area contributed by atoms with Gasteiger partial charge in [-0.15, -0.1) is 17.0 Å². The first-order chi connectivity index (χ1) is 10.1. The van der Waals surface area contributed by atoms with E-state index in [2.05, 4.69) is 0 Å². The molecule has 0 radical (unpaired) electrons. The number of benzene rings is 2. The summed E-state index contributed by atoms with van der Waals surface area (Å²) in [5, 5.41) is 9.45. The third kappa shape index (κ3) is 2.79. The number of rotatable bonds is 4. The van der Waals surface area contributed by atoms with Gasteiger partial charge in [-0.2, -0.15) is 0 Å². The van der Waals surface area contributed by atoms with E-state index in [0.29, 0.717) is 23.0 Å². The molecule has 114 valence electrons. The summed E-state index contributed by atoms with van der Waals surface area (Å²) >= 11 is -0.177. The number of imide groups is 1. The monoisotopic (exact) mass is 427 g/mol. The fourth-order valence-corrected chi connectivity index (χ4v) is 3.57. The molecule has 0 fully saturated rings. The Labute approximate surface area is 144 Å². The molecule has 0 aliphatic carbocycles. The molecule has 3 N–H and O–H groups in total. The number of hydrogen-bond donors (Lipinski definition) is 2. The van der Waals surface area contributed by atoms with E-state index in [-0.39, 0.29) is 48.5 Å². The predicted octanol–water partition coefficient (Wildman–Crippen LogP) is 2.03. The van der Waals surface area contributed by atoms with Crippen molar-refractivity contribution in [2.45, 2.75) is 5.32 Å². The number of halogens is 1. The predicted molar refractivity (Wildman–Crippen MR) is 92.1 cm³/mol. The summed E-state index contributed by atoms with van der Waals surface area (Å²) in [6.07, 6.45) is 0. The van der Waals surface area contributed by atoms with Crippen LogP contribution in [-0.2, 0) is 0 Å². The molecule has 0 unspecified atom stereocenters. The molecule has 2 aromatic rings. The molecule has 0 atom stereocenters. The fraction of sp³-hybridized carbons (Fsp3) is 0.133. The zero-order chi connectivity index (χ0) is 15.0. The minimum absolute atomic E-state index is 0. The van der Waals surface area contributed by atoms with Crippen LogP contribution >= 0.6 is 17.0 Å². The second-order valence-corrected chi connectivity index (χ2v) is 7.07. The van der Waals surface area contributed by atoms with Crippen LogP contribution in [-0.4, -0.2) is 42.9 Å². The second-order valence-electron chi connectivity index (χ2n) is 4.68. The van der Waals surface area contributed by atoms with Crippen molar-refractivity contribution in [2.75, 3.05) is 6.54 Å². The van der Waals surface area contributed by atoms with Crippen molar-refractivity contribution in [3.05, 3.63) is 47.5 Å². The SMILES string of the molecule is Br.N=C(N)[Se]CCN1C(=O)c2cccc3cccc(c23)C1=O. The van der Waals surface area contributed by atoms with Gasteiger partial charge in [0, 0.05) is 0 Å². The topological polar surface area (TPSA) is 87.2 Å². The van der Waals surface area contributed by atoms with Crippen LogP contribution in [0.4, 0.5) is 0 Å². The molecule has 1 aliphatic rings. The van der Waals surface area contributed by atoms with Gasteiger partial charge in [-0.3, -0.25) is 0 Å². The van der Waals surface area contributed by atoms with Gasteiger partial charge >= 0.3 is 127 Å². The number of carbonyl (C=O) groups excluding carboxylic acids is 2. The van der Waals surface area contributed by atoms with Crippen molar-refractivity contribution >= 4 is 59.3 Å². The van der Waals surface area contributed by atoms with Crippen LogP contribution in [0.1, 0.15) is 20.7 Å². The molecule has 22 heavy (non-hydrogen) atoms. The average Bonchev–Trinajstić information content (AvgIpc) is 2.47. The van der Waals surface area contributed by atoms with Crippen molar-refractivity contribution in [1.82, 2.24) is 4.90 Å². The Bertz CT molecular complexity index is 728. The Morgan fingerprint density at radius 2 is 1.64 bits per heavy atom. The average molecular weight is 427 g/mol. The molecule has 1 aliphatic heterocycles. The Morgan fingerprint density at radius 3 is 2.14 bits per heavy atom. The van der Waals surface area contributed by atoms with Crippen molar-refractivity contribution in [1.29, 1.82) is 5.41 Å². The maximum atomic E-state index is 12.5. The first-order valence-electron chi connectivity index (χ1n) is 6.44. The van der Waals surface area contributed by atoms with Crippen LogP contribution < -0.4 is 5.73 Å². The van der Waals surface area contributed by atoms with Crippen molar-refractivity contribution < 1.29 is 9.59 Å². The van der Waals surface area contributed by atoms with Crippen LogP contribution in [0.25, 0.3) is 10.8 Å². The number of amidine groups is 1. The molecule has 0 aromatic heterocycles. The van der Waals surface area contributed by atoms with Gasteiger partial charge in [0.05, 0.1) is 0 Å². The molecule has 2 amide bonds. The molecule has 5 nitrogen and oxygen atoms in total. The first kappa shape index (κ1) is 16.7. The van der Waals surface area contributed by atoms with Gasteiger partial charge in [-0.25, -0.2) is 0 Å². The Hall–Kier alpha value is -1.69. The van der Waals surface area contributed by atoms with Crippen molar-refractivity contribution in [2.24, 2.45) is 5.73 Å². The summed E-state index contributed by atoms with van der Waals surface area (Å²) in [6.45, 7) is 0.308. The number of nitrogens with two attached hydrogens (primary N) is 1. The number of nitrogens with zero attached hydrogens (tertiary/aromatic N) is 1. The van der Waals surface area contributed by atoms with Gasteiger partial charge in [-0.1, -0.05) is 0 Å². The van der Waals surface area contributed by atoms with Gasteiger partial charge < -0.3 is 0 Å². The molecular weight excluding hydrogens is 413 g/mol. The quantitative estimate of drug-likeness (QED) is 0.339. The van der Waals surface area contributed by atoms with Crippen LogP contribution in [0.15, 0.2) is 36.4 Å². The summed E-state index contributed by atoms with van der Waals surface area (Å²) in [6, 6.07) is 11.0. The van der Waals surface area contributed by atoms with Gasteiger partial charge in [0.15, 0.2) is 0 Å². The Balaban J connectivity index is 0.00000176. The Morgan fingerprint density at radius 1 is 1.09 bits per heavy atom. The normalized spacial score (nSPS) is 13.2. The molecule has 7 heteroatoms. The third-order valence-corrected chi connectivity index (χ3v) is 4.89. The summed E-state index contributed by atoms with van der Waals surface area (Å²) in [4.78, 5) is 26.3. The maximum absolute atomic E-state index is 12.5. The van der Waals surface area contributed by atoms with E-state index in [1.54, 1.807) is 12.1 Å². The molecule has 2 aromatic carbocycles. The molecule has 1 heterocycles. The molecule has 0 saturated carbocycles. The first-order valence-corrected chi connectivity index (χ1v) is 8.51. The zero-order valence-corrected chi connectivity index (χ0v) is 15.0. The van der Waals surface area contributed by atoms with E-state index in [4.69, 9.17) is 11.1 Å². The van der Waals surface area contributed by atoms with Gasteiger partial charge in [0.25, 0.3) is 0 Å². The summed E-state index contributed by atoms with van der Waals surface area (Å²) in [7, 11) is 0. The molecule has 0 saturated heterocycles. The van der Waals surface area contributed by atoms with Crippen LogP contribution in [0, 0.1) is 5.41 Å². The number of nitrogens with one attached hydrogen (secondary N) is 1. The van der Waals surface area contributed by atoms with E-state index in [1.165, 1.54) is 4.90 Å². The second kappa shape index (κ2) is 6.60. The summed E-state index contributed by atoms with van der Waals surface area (Å²) in [5.74, 6) is -0.521. The zero-order valence-electron chi connectivity index (χ0n) is 11.5. The van der Waals surface area contributed by atoms with Gasteiger partial charge in [0.1, 0.15) is 0 Å². The van der Waals surface area contributed by atoms with Crippen LogP contribution in [0.3, 0.4) is 0 Å². The molecular formula is C15H14BrN3O2Se. The van der Waals surface area contributed by atoms with E-state index < -0.39 is 0 Å². The molecule has 3 rings (SSSR count). The summed E-state index contributed by atoms with van der Waals surface area (Å²) < 4.78 is 0.127. The van der Waals surface area contributed by atoms with Gasteiger partial charge in [0.2, 0.25) is 0 Å². The van der Waals surface area contributed by atoms with E-state index >= 15 is 0 Å². The molecule has 0 bridgehead atoms. The van der Waals surface area contributed by atoms with Crippen molar-refractivity contribution in [3.63, 3.8) is 0 Å². The van der Waals surface area contributed by atoms with E-state index in [9.17, 15) is 9.59 Å². The standard InChI is InChI=1S/C15H13N3O2Se.BrH/c16-15(17)21-8-7-18-13(19)10-5-1-3-9-4-2-6-11(12(9)10)14(18)20;/h1-6H,7-8H2,(H3,16,17);1H. The van der Waals surface area contributed by atoms with Crippen molar-refractivity contribution in [3.8, 4) is 0 Å². The van der Waals surface area contributed by atoms with E-state index in [1.807, 2.05) is 24.3 Å². The number of carbonyl (C=O) groups is 2. The third-order valence-electron chi connectivity index (χ3n) is 3.43. The van der Waals surface area contributed by atoms with Crippen LogP contribution in [0.5, 0.6) is 0 Å². The Kier molecular flexibility index (Phi) is 5.01. The van der Waals surface area contributed by atoms with E-state index in [0.717, 1.165) is 10.8 Å². The fourth-order valence-electron chi connectivity index (χ4n) is 2.53. The molecule has 0 spiro atoms. The number of hydrogen-bond acceptors (Lipinski definition) is 3.